The average molecular weight is 598 g/mol. The Kier molecular flexibility index (Phi) is 8.30. The van der Waals surface area contributed by atoms with E-state index in [0.29, 0.717) is 63.1 Å². The number of piperidine rings is 1. The highest BCUT2D eigenvalue weighted by molar-refractivity contribution is 5.99. The fraction of sp³-hybridized carbons (Fsp3) is 0.481. The maximum Gasteiger partial charge on any atom is 0.573 e. The number of fused-ring (bicyclic) bond motifs is 1. The minimum Gasteiger partial charge on any atom is -0.406 e. The number of anilines is 2. The minimum atomic E-state index is -4.86. The van der Waals surface area contributed by atoms with Gasteiger partial charge in [-0.15, -0.1) is 13.2 Å². The van der Waals surface area contributed by atoms with Crippen LogP contribution in [0.3, 0.4) is 0 Å². The second-order valence-corrected chi connectivity index (χ2v) is 10.4. The number of benzene rings is 1. The Morgan fingerprint density at radius 3 is 2.31 bits per heavy atom. The second-order valence-electron chi connectivity index (χ2n) is 10.4. The molecule has 0 unspecified atom stereocenters. The van der Waals surface area contributed by atoms with E-state index in [1.807, 2.05) is 11.0 Å². The highest BCUT2D eigenvalue weighted by Gasteiger charge is 2.32. The van der Waals surface area contributed by atoms with E-state index in [0.717, 1.165) is 23.5 Å². The first kappa shape index (κ1) is 29.6. The molecule has 2 N–H and O–H groups in total. The van der Waals surface area contributed by atoms with Crippen molar-refractivity contribution in [2.75, 3.05) is 56.4 Å². The highest BCUT2D eigenvalue weighted by Crippen LogP contribution is 2.33. The average Bonchev–Trinajstić information content (AvgIpc) is 2.94. The molecule has 0 atom stereocenters. The quantitative estimate of drug-likeness (QED) is 0.325. The van der Waals surface area contributed by atoms with Crippen molar-refractivity contribution in [3.05, 3.63) is 48.0 Å². The first-order chi connectivity index (χ1) is 19.9. The molecule has 2 fully saturated rings. The molecule has 2 saturated heterocycles. The summed E-state index contributed by atoms with van der Waals surface area (Å²) < 4.78 is 79.0. The molecule has 226 valence electrons. The molecular weight excluding hydrogens is 568 g/mol. The van der Waals surface area contributed by atoms with Gasteiger partial charge < -0.3 is 20.3 Å². The molecule has 2 aromatic heterocycles. The summed E-state index contributed by atoms with van der Waals surface area (Å²) in [7, 11) is 0. The molecule has 1 amide bonds. The molecule has 0 saturated carbocycles. The van der Waals surface area contributed by atoms with Crippen LogP contribution in [0.1, 0.15) is 41.2 Å². The van der Waals surface area contributed by atoms with Crippen molar-refractivity contribution in [1.29, 1.82) is 0 Å². The zero-order chi connectivity index (χ0) is 30.1. The van der Waals surface area contributed by atoms with Crippen molar-refractivity contribution in [3.63, 3.8) is 0 Å². The lowest BCUT2D eigenvalue weighted by atomic mass is 9.92. The number of carbonyl (C=O) groups is 1. The van der Waals surface area contributed by atoms with Crippen LogP contribution in [0, 0.1) is 0 Å². The number of halogens is 6. The van der Waals surface area contributed by atoms with E-state index < -0.39 is 24.7 Å². The van der Waals surface area contributed by atoms with Crippen molar-refractivity contribution >= 4 is 28.3 Å². The standard InChI is InChI=1S/C27H29F6N7O2/c28-26(29,30)5-8-38-9-11-39(12-10-38)18-13-22-24(35-15-18)23(37-16-36-22)17-3-6-40(7-4-17)25(41)20-2-1-19(14-21(20)34)42-27(31,32)33/h1-2,13-17H,3-12,34H2. The van der Waals surface area contributed by atoms with Crippen molar-refractivity contribution in [2.45, 2.75) is 37.7 Å². The van der Waals surface area contributed by atoms with Gasteiger partial charge in [0.15, 0.2) is 0 Å². The van der Waals surface area contributed by atoms with Crippen LogP contribution >= 0.6 is 0 Å². The largest absolute Gasteiger partial charge is 0.573 e. The van der Waals surface area contributed by atoms with Gasteiger partial charge in [0, 0.05) is 63.5 Å². The summed E-state index contributed by atoms with van der Waals surface area (Å²) in [6.45, 7) is 2.99. The lowest BCUT2D eigenvalue weighted by Crippen LogP contribution is -2.47. The number of aromatic nitrogens is 3. The smallest absolute Gasteiger partial charge is 0.406 e. The SMILES string of the molecule is Nc1cc(OC(F)(F)F)ccc1C(=O)N1CCC(c2ncnc3cc(N4CCN(CCC(F)(F)F)CC4)cnc23)CC1. The van der Waals surface area contributed by atoms with Crippen LogP contribution in [0.2, 0.25) is 0 Å². The monoisotopic (exact) mass is 597 g/mol. The van der Waals surface area contributed by atoms with E-state index in [2.05, 4.69) is 24.6 Å². The Bertz CT molecular complexity index is 1420. The topological polar surface area (TPSA) is 101 Å². The van der Waals surface area contributed by atoms with E-state index in [-0.39, 0.29) is 29.6 Å². The Labute approximate surface area is 237 Å². The van der Waals surface area contributed by atoms with Crippen LogP contribution in [0.15, 0.2) is 36.8 Å². The first-order valence-electron chi connectivity index (χ1n) is 13.5. The van der Waals surface area contributed by atoms with Gasteiger partial charge in [0.25, 0.3) is 5.91 Å². The third kappa shape index (κ3) is 7.12. The molecule has 0 spiro atoms. The van der Waals surface area contributed by atoms with Crippen LogP contribution < -0.4 is 15.4 Å². The lowest BCUT2D eigenvalue weighted by molar-refractivity contribution is -0.274. The van der Waals surface area contributed by atoms with Gasteiger partial charge in [-0.1, -0.05) is 0 Å². The van der Waals surface area contributed by atoms with Crippen LogP contribution in [-0.4, -0.2) is 89.0 Å². The Morgan fingerprint density at radius 1 is 0.952 bits per heavy atom. The molecular formula is C27H29F6N7O2. The maximum absolute atomic E-state index is 13.0. The van der Waals surface area contributed by atoms with Crippen molar-refractivity contribution in [1.82, 2.24) is 24.8 Å². The summed E-state index contributed by atoms with van der Waals surface area (Å²) in [6.07, 6.45) is -5.46. The van der Waals surface area contributed by atoms with Crippen molar-refractivity contribution < 1.29 is 35.9 Å². The molecule has 5 rings (SSSR count). The number of hydrogen-bond donors (Lipinski definition) is 1. The molecule has 1 aromatic carbocycles. The van der Waals surface area contributed by atoms with Crippen LogP contribution in [0.25, 0.3) is 11.0 Å². The van der Waals surface area contributed by atoms with E-state index >= 15 is 0 Å². The molecule has 2 aliphatic rings. The van der Waals surface area contributed by atoms with Crippen molar-refractivity contribution in [3.8, 4) is 5.75 Å². The molecule has 0 radical (unpaired) electrons. The third-order valence-corrected chi connectivity index (χ3v) is 7.59. The van der Waals surface area contributed by atoms with E-state index in [1.165, 1.54) is 12.4 Å². The van der Waals surface area contributed by atoms with Gasteiger partial charge in [-0.05, 0) is 31.0 Å². The third-order valence-electron chi connectivity index (χ3n) is 7.59. The fourth-order valence-corrected chi connectivity index (χ4v) is 5.40. The van der Waals surface area contributed by atoms with Crippen LogP contribution in [0.5, 0.6) is 5.75 Å². The molecule has 42 heavy (non-hydrogen) atoms. The molecule has 0 aliphatic carbocycles. The van der Waals surface area contributed by atoms with Gasteiger partial charge in [-0.3, -0.25) is 14.7 Å². The number of rotatable bonds is 6. The van der Waals surface area contributed by atoms with E-state index in [1.54, 1.807) is 11.1 Å². The number of nitrogens with zero attached hydrogens (tertiary/aromatic N) is 6. The maximum atomic E-state index is 13.0. The Balaban J connectivity index is 1.20. The van der Waals surface area contributed by atoms with Gasteiger partial charge in [0.2, 0.25) is 0 Å². The number of hydrogen-bond acceptors (Lipinski definition) is 8. The second kappa shape index (κ2) is 11.8. The molecule has 3 aromatic rings. The fourth-order valence-electron chi connectivity index (χ4n) is 5.40. The number of piperazine rings is 1. The van der Waals surface area contributed by atoms with Crippen LogP contribution in [0.4, 0.5) is 37.7 Å². The molecule has 9 nitrogen and oxygen atoms in total. The molecule has 0 bridgehead atoms. The zero-order valence-corrected chi connectivity index (χ0v) is 22.5. The summed E-state index contributed by atoms with van der Waals surface area (Å²) in [5.41, 5.74) is 8.78. The lowest BCUT2D eigenvalue weighted by Gasteiger charge is -2.36. The van der Waals surface area contributed by atoms with Gasteiger partial charge in [0.05, 0.1) is 35.1 Å². The number of nitrogen functional groups attached to an aromatic ring is 1. The highest BCUT2D eigenvalue weighted by atomic mass is 19.4. The summed E-state index contributed by atoms with van der Waals surface area (Å²) in [4.78, 5) is 32.1. The summed E-state index contributed by atoms with van der Waals surface area (Å²) in [5, 5.41) is 0. The number of likely N-dealkylation sites (tertiary alicyclic amines) is 1. The number of alkyl halides is 6. The molecule has 4 heterocycles. The predicted molar refractivity (Wildman–Crippen MR) is 142 cm³/mol. The number of ether oxygens (including phenoxy) is 1. The number of amides is 1. The first-order valence-corrected chi connectivity index (χ1v) is 13.5. The number of pyridine rings is 1. The van der Waals surface area contributed by atoms with E-state index in [4.69, 9.17) is 5.73 Å². The normalized spacial score (nSPS) is 17.6. The van der Waals surface area contributed by atoms with Gasteiger partial charge in [-0.25, -0.2) is 9.97 Å². The Morgan fingerprint density at radius 2 is 1.67 bits per heavy atom. The summed E-state index contributed by atoms with van der Waals surface area (Å²) in [6, 6.07) is 5.18. The van der Waals surface area contributed by atoms with E-state index in [9.17, 15) is 31.1 Å². The number of carbonyl (C=O) groups excluding carboxylic acids is 1. The summed E-state index contributed by atoms with van der Waals surface area (Å²) >= 11 is 0. The predicted octanol–water partition coefficient (Wildman–Crippen LogP) is 4.60. The molecule has 15 heteroatoms. The van der Waals surface area contributed by atoms with Crippen LogP contribution in [-0.2, 0) is 0 Å². The summed E-state index contributed by atoms with van der Waals surface area (Å²) in [5.74, 6) is -0.863. The number of nitrogens with two attached hydrogens (primary N) is 1. The Hall–Kier alpha value is -3.88. The van der Waals surface area contributed by atoms with Gasteiger partial charge >= 0.3 is 12.5 Å². The van der Waals surface area contributed by atoms with Crippen molar-refractivity contribution in [2.24, 2.45) is 0 Å². The molecule has 2 aliphatic heterocycles. The zero-order valence-electron chi connectivity index (χ0n) is 22.5. The minimum absolute atomic E-state index is 0.00903. The van der Waals surface area contributed by atoms with Gasteiger partial charge in [0.1, 0.15) is 17.6 Å². The van der Waals surface area contributed by atoms with Gasteiger partial charge in [-0.2, -0.15) is 13.2 Å².